The van der Waals surface area contributed by atoms with E-state index < -0.39 is 12.0 Å². The van der Waals surface area contributed by atoms with E-state index in [0.29, 0.717) is 10.8 Å². The molecule has 0 atom stereocenters. The van der Waals surface area contributed by atoms with Crippen molar-refractivity contribution in [3.8, 4) is 11.4 Å². The van der Waals surface area contributed by atoms with Crippen LogP contribution in [-0.4, -0.2) is 21.8 Å². The molecule has 1 heterocycles. The quantitative estimate of drug-likeness (QED) is 0.805. The van der Waals surface area contributed by atoms with E-state index in [-0.39, 0.29) is 12.8 Å². The highest BCUT2D eigenvalue weighted by atomic mass is 79.9. The van der Waals surface area contributed by atoms with Crippen LogP contribution < -0.4 is 4.74 Å². The van der Waals surface area contributed by atoms with Crippen molar-refractivity contribution < 1.29 is 13.5 Å². The molecule has 1 fully saturated rings. The fraction of sp³-hybridized carbons (Fsp3) is 0.308. The van der Waals surface area contributed by atoms with Crippen molar-refractivity contribution in [1.82, 2.24) is 9.78 Å². The van der Waals surface area contributed by atoms with Gasteiger partial charge in [0.2, 0.25) is 0 Å². The summed E-state index contributed by atoms with van der Waals surface area (Å²) in [6.07, 6.45) is 2.39. The number of halogens is 4. The van der Waals surface area contributed by atoms with Gasteiger partial charge in [0.1, 0.15) is 11.9 Å². The number of aromatic nitrogens is 2. The molecule has 2 aromatic rings. The van der Waals surface area contributed by atoms with E-state index in [1.165, 1.54) is 0 Å². The minimum atomic E-state index is -2.61. The first-order chi connectivity index (χ1) is 9.44. The highest BCUT2D eigenvalue weighted by Crippen LogP contribution is 2.42. The van der Waals surface area contributed by atoms with E-state index in [1.807, 2.05) is 0 Å². The molecule has 20 heavy (non-hydrogen) atoms. The second-order valence-electron chi connectivity index (χ2n) is 4.69. The van der Waals surface area contributed by atoms with Crippen LogP contribution in [0.15, 0.2) is 35.1 Å². The maximum atomic E-state index is 12.8. The molecule has 0 spiro atoms. The van der Waals surface area contributed by atoms with Gasteiger partial charge in [-0.1, -0.05) is 11.6 Å². The van der Waals surface area contributed by atoms with Gasteiger partial charge in [-0.25, -0.2) is 13.5 Å². The summed E-state index contributed by atoms with van der Waals surface area (Å²) in [5.74, 6) is -2.22. The van der Waals surface area contributed by atoms with Gasteiger partial charge in [0, 0.05) is 35.8 Å². The number of hydrogen-bond donors (Lipinski definition) is 0. The molecule has 1 aliphatic rings. The molecule has 1 aromatic carbocycles. The van der Waals surface area contributed by atoms with Gasteiger partial charge in [-0.05, 0) is 28.1 Å². The van der Waals surface area contributed by atoms with Gasteiger partial charge in [-0.3, -0.25) is 0 Å². The Balaban J connectivity index is 1.86. The van der Waals surface area contributed by atoms with Crippen LogP contribution in [-0.2, 0) is 0 Å². The Morgan fingerprint density at radius 3 is 2.75 bits per heavy atom. The zero-order valence-electron chi connectivity index (χ0n) is 10.2. The van der Waals surface area contributed by atoms with Crippen molar-refractivity contribution in [1.29, 1.82) is 0 Å². The summed E-state index contributed by atoms with van der Waals surface area (Å²) in [6, 6.07) is 5.15. The Morgan fingerprint density at radius 2 is 2.15 bits per heavy atom. The third-order valence-corrected chi connectivity index (χ3v) is 4.03. The Hall–Kier alpha value is -1.14. The van der Waals surface area contributed by atoms with E-state index in [1.54, 1.807) is 35.3 Å². The Labute approximate surface area is 127 Å². The number of ether oxygens (including phenoxy) is 1. The number of rotatable bonds is 3. The SMILES string of the molecule is FC1(F)CC(Oc2cc(-n3cccn3)c(Br)cc2Cl)C1. The van der Waals surface area contributed by atoms with Gasteiger partial charge in [-0.2, -0.15) is 5.10 Å². The van der Waals surface area contributed by atoms with Crippen LogP contribution >= 0.6 is 27.5 Å². The first-order valence-electron chi connectivity index (χ1n) is 5.98. The molecule has 1 saturated carbocycles. The number of nitrogens with zero attached hydrogens (tertiary/aromatic N) is 2. The molecule has 106 valence electrons. The lowest BCUT2D eigenvalue weighted by atomic mass is 9.91. The van der Waals surface area contributed by atoms with E-state index in [0.717, 1.165) is 10.2 Å². The second-order valence-corrected chi connectivity index (χ2v) is 5.95. The molecule has 3 nitrogen and oxygen atoms in total. The summed E-state index contributed by atoms with van der Waals surface area (Å²) < 4.78 is 33.6. The Kier molecular flexibility index (Phi) is 3.46. The fourth-order valence-corrected chi connectivity index (χ4v) is 2.93. The van der Waals surface area contributed by atoms with Crippen molar-refractivity contribution in [2.75, 3.05) is 0 Å². The smallest absolute Gasteiger partial charge is 0.255 e. The third kappa shape index (κ3) is 2.67. The number of benzene rings is 1. The van der Waals surface area contributed by atoms with E-state index >= 15 is 0 Å². The molecule has 0 bridgehead atoms. The Morgan fingerprint density at radius 1 is 1.40 bits per heavy atom. The maximum Gasteiger partial charge on any atom is 0.255 e. The van der Waals surface area contributed by atoms with Crippen LogP contribution in [0.1, 0.15) is 12.8 Å². The van der Waals surface area contributed by atoms with Crippen LogP contribution in [0.5, 0.6) is 5.75 Å². The van der Waals surface area contributed by atoms with E-state index in [4.69, 9.17) is 16.3 Å². The topological polar surface area (TPSA) is 27.1 Å². The molecule has 0 amide bonds. The molecule has 1 aliphatic carbocycles. The van der Waals surface area contributed by atoms with E-state index in [9.17, 15) is 8.78 Å². The molecular formula is C13H10BrClF2N2O. The van der Waals surface area contributed by atoms with Gasteiger partial charge in [-0.15, -0.1) is 0 Å². The zero-order valence-corrected chi connectivity index (χ0v) is 12.5. The largest absolute Gasteiger partial charge is 0.488 e. The van der Waals surface area contributed by atoms with E-state index in [2.05, 4.69) is 21.0 Å². The minimum Gasteiger partial charge on any atom is -0.488 e. The maximum absolute atomic E-state index is 12.8. The molecule has 0 unspecified atom stereocenters. The average molecular weight is 364 g/mol. The lowest BCUT2D eigenvalue weighted by Gasteiger charge is -2.35. The normalized spacial score (nSPS) is 17.8. The molecule has 7 heteroatoms. The summed E-state index contributed by atoms with van der Waals surface area (Å²) in [4.78, 5) is 0. The molecule has 3 rings (SSSR count). The van der Waals surface area contributed by atoms with Crippen LogP contribution in [0, 0.1) is 0 Å². The molecular weight excluding hydrogens is 354 g/mol. The summed E-state index contributed by atoms with van der Waals surface area (Å²) in [6.45, 7) is 0. The monoisotopic (exact) mass is 362 g/mol. The van der Waals surface area contributed by atoms with Crippen molar-refractivity contribution in [3.63, 3.8) is 0 Å². The molecule has 0 saturated heterocycles. The van der Waals surface area contributed by atoms with Crippen molar-refractivity contribution >= 4 is 27.5 Å². The highest BCUT2D eigenvalue weighted by Gasteiger charge is 2.47. The average Bonchev–Trinajstić information content (AvgIpc) is 2.83. The van der Waals surface area contributed by atoms with Crippen LogP contribution in [0.2, 0.25) is 5.02 Å². The van der Waals surface area contributed by atoms with Crippen molar-refractivity contribution in [2.45, 2.75) is 24.9 Å². The lowest BCUT2D eigenvalue weighted by molar-refractivity contribution is -0.134. The van der Waals surface area contributed by atoms with Crippen molar-refractivity contribution in [3.05, 3.63) is 40.1 Å². The molecule has 1 aromatic heterocycles. The standard InChI is InChI=1S/C13H10BrClF2N2O/c14-9-4-10(15)12(20-8-6-13(16,17)7-8)5-11(9)19-3-1-2-18-19/h1-5,8H,6-7H2. The van der Waals surface area contributed by atoms with Crippen LogP contribution in [0.25, 0.3) is 5.69 Å². The van der Waals surface area contributed by atoms with Crippen LogP contribution in [0.3, 0.4) is 0 Å². The Bertz CT molecular complexity index is 626. The van der Waals surface area contributed by atoms with Gasteiger partial charge in [0.05, 0.1) is 10.7 Å². The van der Waals surface area contributed by atoms with Gasteiger partial charge >= 0.3 is 0 Å². The van der Waals surface area contributed by atoms with Gasteiger partial charge < -0.3 is 4.74 Å². The predicted molar refractivity (Wildman–Crippen MR) is 74.9 cm³/mol. The minimum absolute atomic E-state index is 0.267. The van der Waals surface area contributed by atoms with Crippen molar-refractivity contribution in [2.24, 2.45) is 0 Å². The third-order valence-electron chi connectivity index (χ3n) is 3.10. The molecule has 0 N–H and O–H groups in total. The summed E-state index contributed by atoms with van der Waals surface area (Å²) in [5.41, 5.74) is 0.737. The first kappa shape index (κ1) is 13.8. The molecule has 0 radical (unpaired) electrons. The zero-order chi connectivity index (χ0) is 14.3. The first-order valence-corrected chi connectivity index (χ1v) is 7.15. The van der Waals surface area contributed by atoms with Crippen LogP contribution in [0.4, 0.5) is 8.78 Å². The molecule has 0 aliphatic heterocycles. The lowest BCUT2D eigenvalue weighted by Crippen LogP contribution is -2.43. The second kappa shape index (κ2) is 5.00. The summed E-state index contributed by atoms with van der Waals surface area (Å²) >= 11 is 9.48. The number of alkyl halides is 2. The fourth-order valence-electron chi connectivity index (χ4n) is 2.06. The summed E-state index contributed by atoms with van der Waals surface area (Å²) in [5, 5.41) is 4.50. The van der Waals surface area contributed by atoms with Gasteiger partial charge in [0.25, 0.3) is 5.92 Å². The predicted octanol–water partition coefficient (Wildman–Crippen LogP) is 4.46. The van der Waals surface area contributed by atoms with Gasteiger partial charge in [0.15, 0.2) is 0 Å². The highest BCUT2D eigenvalue weighted by molar-refractivity contribution is 9.10. The number of hydrogen-bond acceptors (Lipinski definition) is 2. The summed E-state index contributed by atoms with van der Waals surface area (Å²) in [7, 11) is 0.